The number of hydrogen-bond acceptors (Lipinski definition) is 3. The van der Waals surface area contributed by atoms with Crippen LogP contribution >= 0.6 is 0 Å². The van der Waals surface area contributed by atoms with E-state index in [-0.39, 0.29) is 24.7 Å². The van der Waals surface area contributed by atoms with E-state index in [1.165, 1.54) is 18.2 Å². The quantitative estimate of drug-likeness (QED) is 0.382. The largest absolute Gasteiger partial charge is 0.491 e. The number of rotatable bonds is 10. The smallest absolute Gasteiger partial charge is 0.416 e. The molecular formula is C23H30F4O3. The Morgan fingerprint density at radius 3 is 2.67 bits per heavy atom. The number of unbranched alkanes of at least 4 members (excludes halogenated alkanes) is 1. The van der Waals surface area contributed by atoms with Gasteiger partial charge in [0.2, 0.25) is 0 Å². The molecule has 2 N–H and O–H groups in total. The number of aliphatic hydroxyl groups is 2. The summed E-state index contributed by atoms with van der Waals surface area (Å²) in [6.07, 6.45) is 3.07. The van der Waals surface area contributed by atoms with Crippen LogP contribution < -0.4 is 4.74 Å². The van der Waals surface area contributed by atoms with Gasteiger partial charge in [0.15, 0.2) is 0 Å². The summed E-state index contributed by atoms with van der Waals surface area (Å²) in [5.74, 6) is -0.754. The Labute approximate surface area is 175 Å². The highest BCUT2D eigenvalue weighted by Gasteiger charge is 2.40. The van der Waals surface area contributed by atoms with Crippen molar-refractivity contribution in [1.82, 2.24) is 0 Å². The van der Waals surface area contributed by atoms with Gasteiger partial charge < -0.3 is 14.9 Å². The van der Waals surface area contributed by atoms with Crippen molar-refractivity contribution in [2.75, 3.05) is 6.61 Å². The van der Waals surface area contributed by atoms with Gasteiger partial charge in [-0.25, -0.2) is 4.39 Å². The molecule has 1 saturated carbocycles. The molecule has 1 aliphatic rings. The molecular weight excluding hydrogens is 400 g/mol. The van der Waals surface area contributed by atoms with Crippen molar-refractivity contribution in [2.24, 2.45) is 11.8 Å². The van der Waals surface area contributed by atoms with Crippen LogP contribution in [0.5, 0.6) is 5.75 Å². The fraction of sp³-hybridized carbons (Fsp3) is 0.565. The Morgan fingerprint density at radius 1 is 1.23 bits per heavy atom. The van der Waals surface area contributed by atoms with Gasteiger partial charge >= 0.3 is 6.18 Å². The molecule has 0 amide bonds. The van der Waals surface area contributed by atoms with Gasteiger partial charge in [-0.2, -0.15) is 13.2 Å². The minimum atomic E-state index is -4.47. The molecule has 3 unspecified atom stereocenters. The van der Waals surface area contributed by atoms with Gasteiger partial charge in [0.25, 0.3) is 0 Å². The maximum atomic E-state index is 14.3. The van der Waals surface area contributed by atoms with Gasteiger partial charge in [0.05, 0.1) is 11.7 Å². The molecule has 5 atom stereocenters. The van der Waals surface area contributed by atoms with Crippen molar-refractivity contribution in [3.05, 3.63) is 54.1 Å². The summed E-state index contributed by atoms with van der Waals surface area (Å²) in [6, 6.07) is 4.41. The van der Waals surface area contributed by atoms with Crippen LogP contribution in [0.2, 0.25) is 0 Å². The van der Waals surface area contributed by atoms with Crippen molar-refractivity contribution in [3.63, 3.8) is 0 Å². The monoisotopic (exact) mass is 430 g/mol. The SMILES string of the molecule is CCC/C=C\CC[C@H]1C(O)CC(F)[C@@H]1/C=C/C(O)COc1cccc(C(F)(F)F)c1. The van der Waals surface area contributed by atoms with E-state index in [2.05, 4.69) is 13.0 Å². The van der Waals surface area contributed by atoms with Gasteiger partial charge in [-0.15, -0.1) is 0 Å². The van der Waals surface area contributed by atoms with Gasteiger partial charge in [-0.1, -0.05) is 43.7 Å². The lowest BCUT2D eigenvalue weighted by atomic mass is 9.89. The van der Waals surface area contributed by atoms with E-state index in [9.17, 15) is 27.8 Å². The number of allylic oxidation sites excluding steroid dienone is 3. The summed E-state index contributed by atoms with van der Waals surface area (Å²) in [5.41, 5.74) is -0.832. The molecule has 1 aromatic rings. The van der Waals surface area contributed by atoms with E-state index in [1.54, 1.807) is 6.08 Å². The van der Waals surface area contributed by atoms with Crippen molar-refractivity contribution in [3.8, 4) is 5.75 Å². The maximum absolute atomic E-state index is 14.3. The van der Waals surface area contributed by atoms with Crippen molar-refractivity contribution in [2.45, 2.75) is 63.6 Å². The highest BCUT2D eigenvalue weighted by molar-refractivity contribution is 5.30. The zero-order valence-corrected chi connectivity index (χ0v) is 17.1. The molecule has 168 valence electrons. The van der Waals surface area contributed by atoms with Crippen LogP contribution in [0.3, 0.4) is 0 Å². The van der Waals surface area contributed by atoms with Crippen LogP contribution in [-0.2, 0) is 6.18 Å². The number of alkyl halides is 4. The predicted octanol–water partition coefficient (Wildman–Crippen LogP) is 5.47. The minimum Gasteiger partial charge on any atom is -0.491 e. The molecule has 0 radical (unpaired) electrons. The zero-order valence-electron chi connectivity index (χ0n) is 17.1. The molecule has 1 aliphatic carbocycles. The van der Waals surface area contributed by atoms with Crippen LogP contribution in [0, 0.1) is 11.8 Å². The van der Waals surface area contributed by atoms with E-state index in [1.807, 2.05) is 6.08 Å². The van der Waals surface area contributed by atoms with Crippen molar-refractivity contribution in [1.29, 1.82) is 0 Å². The van der Waals surface area contributed by atoms with Crippen LogP contribution in [0.25, 0.3) is 0 Å². The molecule has 0 aliphatic heterocycles. The van der Waals surface area contributed by atoms with Crippen LogP contribution in [0.15, 0.2) is 48.6 Å². The second-order valence-electron chi connectivity index (χ2n) is 7.69. The first-order valence-corrected chi connectivity index (χ1v) is 10.4. The minimum absolute atomic E-state index is 0.00586. The number of halogens is 4. The zero-order chi connectivity index (χ0) is 22.1. The van der Waals surface area contributed by atoms with E-state index in [4.69, 9.17) is 4.74 Å². The van der Waals surface area contributed by atoms with Gasteiger partial charge in [-0.05, 0) is 43.4 Å². The van der Waals surface area contributed by atoms with Crippen molar-refractivity contribution >= 4 is 0 Å². The summed E-state index contributed by atoms with van der Waals surface area (Å²) in [6.45, 7) is 1.83. The lowest BCUT2D eigenvalue weighted by Crippen LogP contribution is -2.21. The molecule has 3 nitrogen and oxygen atoms in total. The number of hydrogen-bond donors (Lipinski definition) is 2. The third-order valence-corrected chi connectivity index (χ3v) is 5.30. The molecule has 0 spiro atoms. The third-order valence-electron chi connectivity index (χ3n) is 5.30. The average molecular weight is 430 g/mol. The molecule has 7 heteroatoms. The Bertz CT molecular complexity index is 702. The van der Waals surface area contributed by atoms with Gasteiger partial charge in [0.1, 0.15) is 24.6 Å². The fourth-order valence-corrected chi connectivity index (χ4v) is 3.68. The summed E-state index contributed by atoms with van der Waals surface area (Å²) in [4.78, 5) is 0. The number of benzene rings is 1. The molecule has 0 saturated heterocycles. The van der Waals surface area contributed by atoms with Crippen molar-refractivity contribution < 1.29 is 32.5 Å². The molecule has 30 heavy (non-hydrogen) atoms. The number of ether oxygens (including phenoxy) is 1. The summed E-state index contributed by atoms with van der Waals surface area (Å²) in [7, 11) is 0. The lowest BCUT2D eigenvalue weighted by molar-refractivity contribution is -0.137. The molecule has 0 heterocycles. The first kappa shape index (κ1) is 24.4. The van der Waals surface area contributed by atoms with E-state index in [0.717, 1.165) is 31.4 Å². The second-order valence-corrected chi connectivity index (χ2v) is 7.69. The first-order chi connectivity index (χ1) is 14.2. The second kappa shape index (κ2) is 11.5. The topological polar surface area (TPSA) is 49.7 Å². The predicted molar refractivity (Wildman–Crippen MR) is 108 cm³/mol. The summed E-state index contributed by atoms with van der Waals surface area (Å²) in [5, 5.41) is 20.2. The highest BCUT2D eigenvalue weighted by Crippen LogP contribution is 2.38. The Balaban J connectivity index is 1.89. The van der Waals surface area contributed by atoms with E-state index < -0.39 is 36.0 Å². The normalized spacial score (nSPS) is 26.0. The Hall–Kier alpha value is -1.86. The van der Waals surface area contributed by atoms with E-state index in [0.29, 0.717) is 6.42 Å². The number of aliphatic hydroxyl groups excluding tert-OH is 2. The van der Waals surface area contributed by atoms with Gasteiger partial charge in [0, 0.05) is 12.3 Å². The maximum Gasteiger partial charge on any atom is 0.416 e. The van der Waals surface area contributed by atoms with Crippen LogP contribution in [-0.4, -0.2) is 35.2 Å². The standard InChI is InChI=1S/C23H30F4O3/c1-2-3-4-5-6-10-20-19(21(24)14-22(20)29)12-11-17(28)15-30-18-9-7-8-16(13-18)23(25,26)27/h4-5,7-9,11-13,17,19-22,28-29H,2-3,6,10,14-15H2,1H3/b5-4-,12-11+/t17?,19-,20-,21?,22?/m1/s1. The first-order valence-electron chi connectivity index (χ1n) is 10.4. The van der Waals surface area contributed by atoms with Gasteiger partial charge in [-0.3, -0.25) is 0 Å². The summed E-state index contributed by atoms with van der Waals surface area (Å²) < 4.78 is 57.8. The third kappa shape index (κ3) is 7.43. The van der Waals surface area contributed by atoms with Crippen LogP contribution in [0.1, 0.15) is 44.6 Å². The molecule has 2 rings (SSSR count). The lowest BCUT2D eigenvalue weighted by Gasteiger charge is -2.20. The van der Waals surface area contributed by atoms with Crippen LogP contribution in [0.4, 0.5) is 17.6 Å². The van der Waals surface area contributed by atoms with E-state index >= 15 is 0 Å². The molecule has 1 fully saturated rings. The molecule has 0 bridgehead atoms. The highest BCUT2D eigenvalue weighted by atomic mass is 19.4. The fourth-order valence-electron chi connectivity index (χ4n) is 3.68. The Morgan fingerprint density at radius 2 is 1.97 bits per heavy atom. The Kier molecular flexibility index (Phi) is 9.37. The average Bonchev–Trinajstić information content (AvgIpc) is 2.96. The molecule has 1 aromatic carbocycles. The summed E-state index contributed by atoms with van der Waals surface area (Å²) >= 11 is 0. The molecule has 0 aromatic heterocycles.